The van der Waals surface area contributed by atoms with E-state index >= 15 is 0 Å². The highest BCUT2D eigenvalue weighted by atomic mass is 32.1. The van der Waals surface area contributed by atoms with Gasteiger partial charge in [0.05, 0.1) is 4.88 Å². The van der Waals surface area contributed by atoms with E-state index < -0.39 is 0 Å². The Morgan fingerprint density at radius 2 is 1.48 bits per heavy atom. The molecule has 0 fully saturated rings. The zero-order valence-electron chi connectivity index (χ0n) is 12.0. The standard InChI is InChI=1S/C19H11NOS2/c20-19(21)18-7-13-6-11-2-1-10-5-12-3-4-22-16(12)8-14(10)15(11)9-17(13)23-18/h1-9H,(H2,20,21). The number of hydrogen-bond donors (Lipinski definition) is 1. The summed E-state index contributed by atoms with van der Waals surface area (Å²) in [4.78, 5) is 12.0. The van der Waals surface area contributed by atoms with Gasteiger partial charge in [-0.2, -0.15) is 0 Å². The van der Waals surface area contributed by atoms with Crippen LogP contribution in [0.25, 0.3) is 41.7 Å². The van der Waals surface area contributed by atoms with Crippen molar-refractivity contribution in [3.05, 3.63) is 58.8 Å². The fourth-order valence-electron chi connectivity index (χ4n) is 3.17. The van der Waals surface area contributed by atoms with Crippen LogP contribution in [-0.2, 0) is 0 Å². The molecule has 5 aromatic rings. The van der Waals surface area contributed by atoms with Gasteiger partial charge in [0.1, 0.15) is 0 Å². The Hall–Kier alpha value is -2.43. The molecule has 0 radical (unpaired) electrons. The SMILES string of the molecule is NC(=O)c1cc2cc3ccc4cc5ccsc5cc4c3cc2s1. The molecule has 2 aromatic heterocycles. The highest BCUT2D eigenvalue weighted by molar-refractivity contribution is 7.20. The number of nitrogens with two attached hydrogens (primary N) is 1. The van der Waals surface area contributed by atoms with Gasteiger partial charge in [-0.1, -0.05) is 12.1 Å². The molecule has 0 bridgehead atoms. The minimum Gasteiger partial charge on any atom is -0.365 e. The van der Waals surface area contributed by atoms with Crippen molar-refractivity contribution in [2.75, 3.05) is 0 Å². The molecule has 0 unspecified atom stereocenters. The molecule has 2 N–H and O–H groups in total. The van der Waals surface area contributed by atoms with E-state index in [1.165, 1.54) is 43.0 Å². The van der Waals surface area contributed by atoms with Gasteiger partial charge in [0.2, 0.25) is 0 Å². The van der Waals surface area contributed by atoms with Gasteiger partial charge in [-0.25, -0.2) is 0 Å². The summed E-state index contributed by atoms with van der Waals surface area (Å²) in [6.45, 7) is 0. The summed E-state index contributed by atoms with van der Waals surface area (Å²) in [5.74, 6) is -0.361. The number of hydrogen-bond acceptors (Lipinski definition) is 3. The molecule has 5 rings (SSSR count). The van der Waals surface area contributed by atoms with Gasteiger partial charge < -0.3 is 5.73 Å². The van der Waals surface area contributed by atoms with Gasteiger partial charge >= 0.3 is 0 Å². The minimum absolute atomic E-state index is 0.361. The third-order valence-corrected chi connectivity index (χ3v) is 6.28. The lowest BCUT2D eigenvalue weighted by Crippen LogP contribution is -2.07. The maximum Gasteiger partial charge on any atom is 0.258 e. The minimum atomic E-state index is -0.361. The molecule has 3 aromatic carbocycles. The highest BCUT2D eigenvalue weighted by Gasteiger charge is 2.10. The van der Waals surface area contributed by atoms with E-state index in [0.29, 0.717) is 4.88 Å². The van der Waals surface area contributed by atoms with Crippen LogP contribution in [-0.4, -0.2) is 5.91 Å². The lowest BCUT2D eigenvalue weighted by molar-refractivity contribution is 0.100. The van der Waals surface area contributed by atoms with Crippen LogP contribution in [0.15, 0.2) is 53.9 Å². The summed E-state index contributed by atoms with van der Waals surface area (Å²) in [5.41, 5.74) is 5.42. The molecular formula is C19H11NOS2. The quantitative estimate of drug-likeness (QED) is 0.403. The van der Waals surface area contributed by atoms with Crippen molar-refractivity contribution in [2.45, 2.75) is 0 Å². The Bertz CT molecular complexity index is 1250. The number of carbonyl (C=O) groups is 1. The average Bonchev–Trinajstić information content (AvgIpc) is 3.16. The molecular weight excluding hydrogens is 322 g/mol. The van der Waals surface area contributed by atoms with Crippen molar-refractivity contribution in [3.8, 4) is 0 Å². The van der Waals surface area contributed by atoms with Crippen LogP contribution in [0.4, 0.5) is 0 Å². The van der Waals surface area contributed by atoms with Gasteiger partial charge in [0, 0.05) is 9.40 Å². The van der Waals surface area contributed by atoms with Crippen LogP contribution >= 0.6 is 22.7 Å². The number of carbonyl (C=O) groups excluding carboxylic acids is 1. The van der Waals surface area contributed by atoms with Gasteiger partial charge in [0.15, 0.2) is 0 Å². The van der Waals surface area contributed by atoms with Crippen LogP contribution in [0.1, 0.15) is 9.67 Å². The first-order valence-corrected chi connectivity index (χ1v) is 8.96. The lowest BCUT2D eigenvalue weighted by atomic mass is 10.00. The van der Waals surface area contributed by atoms with Gasteiger partial charge in [-0.05, 0) is 74.1 Å². The van der Waals surface area contributed by atoms with E-state index in [1.54, 1.807) is 11.3 Å². The zero-order valence-corrected chi connectivity index (χ0v) is 13.6. The van der Waals surface area contributed by atoms with E-state index in [4.69, 9.17) is 5.73 Å². The summed E-state index contributed by atoms with van der Waals surface area (Å²) >= 11 is 3.23. The number of rotatable bonds is 1. The third kappa shape index (κ3) is 1.89. The van der Waals surface area contributed by atoms with E-state index in [2.05, 4.69) is 47.8 Å². The molecule has 0 saturated heterocycles. The second-order valence-electron chi connectivity index (χ2n) is 5.68. The molecule has 1 amide bonds. The molecule has 0 saturated carbocycles. The zero-order chi connectivity index (χ0) is 15.6. The predicted molar refractivity (Wildman–Crippen MR) is 101 cm³/mol. The van der Waals surface area contributed by atoms with Gasteiger partial charge in [-0.15, -0.1) is 22.7 Å². The number of amides is 1. The third-order valence-electron chi connectivity index (χ3n) is 4.29. The molecule has 0 aliphatic rings. The largest absolute Gasteiger partial charge is 0.365 e. The predicted octanol–water partition coefficient (Wildman–Crippen LogP) is 5.52. The molecule has 0 aliphatic carbocycles. The van der Waals surface area contributed by atoms with Crippen molar-refractivity contribution < 1.29 is 4.79 Å². The number of benzene rings is 3. The first kappa shape index (κ1) is 13.0. The second kappa shape index (κ2) is 4.54. The Balaban J connectivity index is 1.93. The molecule has 110 valence electrons. The lowest BCUT2D eigenvalue weighted by Gasteiger charge is -2.05. The first-order valence-electron chi connectivity index (χ1n) is 7.26. The molecule has 0 atom stereocenters. The number of primary amides is 1. The normalized spacial score (nSPS) is 11.8. The Kier molecular flexibility index (Phi) is 2.57. The van der Waals surface area contributed by atoms with Crippen LogP contribution in [0.3, 0.4) is 0 Å². The fraction of sp³-hybridized carbons (Fsp3) is 0. The van der Waals surface area contributed by atoms with E-state index in [0.717, 1.165) is 10.1 Å². The fourth-order valence-corrected chi connectivity index (χ4v) is 4.92. The average molecular weight is 333 g/mol. The maximum atomic E-state index is 11.4. The Labute approximate surface area is 139 Å². The van der Waals surface area contributed by atoms with Crippen LogP contribution < -0.4 is 5.73 Å². The van der Waals surface area contributed by atoms with Crippen molar-refractivity contribution in [1.29, 1.82) is 0 Å². The second-order valence-corrected chi connectivity index (χ2v) is 7.71. The number of thiophene rings is 2. The first-order chi connectivity index (χ1) is 11.2. The van der Waals surface area contributed by atoms with Crippen molar-refractivity contribution in [1.82, 2.24) is 0 Å². The highest BCUT2D eigenvalue weighted by Crippen LogP contribution is 2.36. The van der Waals surface area contributed by atoms with Crippen molar-refractivity contribution >= 4 is 70.3 Å². The Morgan fingerprint density at radius 1 is 0.783 bits per heavy atom. The number of fused-ring (bicyclic) bond motifs is 5. The summed E-state index contributed by atoms with van der Waals surface area (Å²) in [7, 11) is 0. The van der Waals surface area contributed by atoms with Crippen LogP contribution in [0.2, 0.25) is 0 Å². The molecule has 4 heteroatoms. The van der Waals surface area contributed by atoms with E-state index in [1.807, 2.05) is 6.07 Å². The topological polar surface area (TPSA) is 43.1 Å². The van der Waals surface area contributed by atoms with E-state index in [-0.39, 0.29) is 5.91 Å². The van der Waals surface area contributed by atoms with Gasteiger partial charge in [-0.3, -0.25) is 4.79 Å². The van der Waals surface area contributed by atoms with Gasteiger partial charge in [0.25, 0.3) is 5.91 Å². The van der Waals surface area contributed by atoms with Crippen molar-refractivity contribution in [3.63, 3.8) is 0 Å². The molecule has 23 heavy (non-hydrogen) atoms. The molecule has 2 nitrogen and oxygen atoms in total. The summed E-state index contributed by atoms with van der Waals surface area (Å²) in [6, 6.07) is 17.2. The maximum absolute atomic E-state index is 11.4. The van der Waals surface area contributed by atoms with E-state index in [9.17, 15) is 4.79 Å². The molecule has 0 aliphatic heterocycles. The summed E-state index contributed by atoms with van der Waals surface area (Å²) in [6.07, 6.45) is 0. The van der Waals surface area contributed by atoms with Crippen LogP contribution in [0.5, 0.6) is 0 Å². The monoisotopic (exact) mass is 333 g/mol. The molecule has 0 spiro atoms. The summed E-state index contributed by atoms with van der Waals surface area (Å²) < 4.78 is 2.40. The Morgan fingerprint density at radius 3 is 2.22 bits per heavy atom. The van der Waals surface area contributed by atoms with Crippen molar-refractivity contribution in [2.24, 2.45) is 5.73 Å². The molecule has 2 heterocycles. The summed E-state index contributed by atoms with van der Waals surface area (Å²) in [5, 5.41) is 9.41. The van der Waals surface area contributed by atoms with Crippen LogP contribution in [0, 0.1) is 0 Å². The smallest absolute Gasteiger partial charge is 0.258 e.